The zero-order valence-corrected chi connectivity index (χ0v) is 13.6. The number of nitrogens with zero attached hydrogens (tertiary/aromatic N) is 2. The number of aromatic amines is 2. The monoisotopic (exact) mass is 332 g/mol. The number of carbonyl (C=O) groups excluding carboxylic acids is 1. The molecule has 0 spiro atoms. The SMILES string of the molecule is Cc1ccc(C(=O)COc2cc(-c3nc4ccccc4[nH]3)[nH]n2)cc1. The number of ketones is 1. The Morgan fingerprint density at radius 2 is 1.92 bits per heavy atom. The molecule has 124 valence electrons. The zero-order chi connectivity index (χ0) is 17.2. The number of hydrogen-bond acceptors (Lipinski definition) is 4. The van der Waals surface area contributed by atoms with Crippen molar-refractivity contribution in [3.63, 3.8) is 0 Å². The Morgan fingerprint density at radius 3 is 2.72 bits per heavy atom. The van der Waals surface area contributed by atoms with Gasteiger partial charge in [-0.05, 0) is 19.1 Å². The average molecular weight is 332 g/mol. The maximum absolute atomic E-state index is 12.1. The van der Waals surface area contributed by atoms with E-state index in [1.807, 2.05) is 43.3 Å². The predicted molar refractivity (Wildman–Crippen MR) is 94.7 cm³/mol. The van der Waals surface area contributed by atoms with Crippen molar-refractivity contribution in [2.75, 3.05) is 6.61 Å². The minimum absolute atomic E-state index is 0.0620. The summed E-state index contributed by atoms with van der Waals surface area (Å²) in [6, 6.07) is 16.9. The van der Waals surface area contributed by atoms with Gasteiger partial charge in [-0.2, -0.15) is 0 Å². The van der Waals surface area contributed by atoms with Gasteiger partial charge in [0.15, 0.2) is 18.2 Å². The molecule has 0 radical (unpaired) electrons. The molecule has 0 aliphatic carbocycles. The summed E-state index contributed by atoms with van der Waals surface area (Å²) >= 11 is 0. The number of hydrogen-bond donors (Lipinski definition) is 2. The van der Waals surface area contributed by atoms with E-state index in [-0.39, 0.29) is 12.4 Å². The van der Waals surface area contributed by atoms with Gasteiger partial charge in [0.25, 0.3) is 0 Å². The van der Waals surface area contributed by atoms with Crippen molar-refractivity contribution in [3.05, 3.63) is 65.7 Å². The summed E-state index contributed by atoms with van der Waals surface area (Å²) in [6.45, 7) is 1.92. The van der Waals surface area contributed by atoms with Crippen LogP contribution in [-0.4, -0.2) is 32.6 Å². The zero-order valence-electron chi connectivity index (χ0n) is 13.6. The number of H-pyrrole nitrogens is 2. The van der Waals surface area contributed by atoms with Gasteiger partial charge in [-0.3, -0.25) is 9.89 Å². The molecule has 2 aromatic carbocycles. The Kier molecular flexibility index (Phi) is 3.78. The van der Waals surface area contributed by atoms with E-state index in [2.05, 4.69) is 20.2 Å². The third kappa shape index (κ3) is 3.14. The number of para-hydroxylation sites is 2. The Morgan fingerprint density at radius 1 is 1.12 bits per heavy atom. The number of aromatic nitrogens is 4. The van der Waals surface area contributed by atoms with Gasteiger partial charge in [0.2, 0.25) is 5.88 Å². The van der Waals surface area contributed by atoms with Crippen LogP contribution in [0.5, 0.6) is 5.88 Å². The van der Waals surface area contributed by atoms with Gasteiger partial charge >= 0.3 is 0 Å². The van der Waals surface area contributed by atoms with Gasteiger partial charge in [-0.1, -0.05) is 42.0 Å². The van der Waals surface area contributed by atoms with Crippen LogP contribution >= 0.6 is 0 Å². The van der Waals surface area contributed by atoms with Gasteiger partial charge < -0.3 is 9.72 Å². The number of ether oxygens (including phenoxy) is 1. The molecular weight excluding hydrogens is 316 g/mol. The number of Topliss-reactive ketones (excluding diaryl/α,β-unsaturated/α-hetero) is 1. The van der Waals surface area contributed by atoms with Crippen LogP contribution < -0.4 is 4.74 Å². The van der Waals surface area contributed by atoms with E-state index in [4.69, 9.17) is 4.74 Å². The highest BCUT2D eigenvalue weighted by molar-refractivity contribution is 5.97. The van der Waals surface area contributed by atoms with Gasteiger partial charge in [0.1, 0.15) is 5.69 Å². The van der Waals surface area contributed by atoms with Crippen LogP contribution in [0.4, 0.5) is 0 Å². The molecule has 0 amide bonds. The molecule has 0 saturated heterocycles. The molecule has 0 atom stereocenters. The summed E-state index contributed by atoms with van der Waals surface area (Å²) in [5.74, 6) is 0.942. The smallest absolute Gasteiger partial charge is 0.233 e. The lowest BCUT2D eigenvalue weighted by molar-refractivity contribution is 0.0918. The van der Waals surface area contributed by atoms with Gasteiger partial charge in [-0.15, -0.1) is 5.10 Å². The Hall–Kier alpha value is -3.41. The second-order valence-electron chi connectivity index (χ2n) is 5.80. The van der Waals surface area contributed by atoms with Gasteiger partial charge in [0, 0.05) is 11.6 Å². The lowest BCUT2D eigenvalue weighted by Crippen LogP contribution is -2.11. The molecule has 6 nitrogen and oxygen atoms in total. The van der Waals surface area contributed by atoms with Crippen LogP contribution in [0.15, 0.2) is 54.6 Å². The highest BCUT2D eigenvalue weighted by Gasteiger charge is 2.11. The van der Waals surface area contributed by atoms with Gasteiger partial charge in [-0.25, -0.2) is 4.98 Å². The van der Waals surface area contributed by atoms with Crippen molar-refractivity contribution < 1.29 is 9.53 Å². The molecule has 0 fully saturated rings. The van der Waals surface area contributed by atoms with Crippen molar-refractivity contribution in [3.8, 4) is 17.4 Å². The number of aryl methyl sites for hydroxylation is 1. The minimum atomic E-state index is -0.0895. The lowest BCUT2D eigenvalue weighted by atomic mass is 10.1. The van der Waals surface area contributed by atoms with E-state index in [0.717, 1.165) is 16.6 Å². The minimum Gasteiger partial charge on any atom is -0.468 e. The Balaban J connectivity index is 1.46. The second-order valence-corrected chi connectivity index (χ2v) is 5.80. The molecule has 0 aliphatic heterocycles. The predicted octanol–water partition coefficient (Wildman–Crippen LogP) is 3.52. The highest BCUT2D eigenvalue weighted by atomic mass is 16.5. The third-order valence-corrected chi connectivity index (χ3v) is 3.92. The summed E-state index contributed by atoms with van der Waals surface area (Å²) in [5, 5.41) is 6.96. The molecule has 4 aromatic rings. The molecular formula is C19H16N4O2. The largest absolute Gasteiger partial charge is 0.468 e. The molecule has 0 unspecified atom stereocenters. The van der Waals surface area contributed by atoms with Crippen molar-refractivity contribution in [1.29, 1.82) is 0 Å². The summed E-state index contributed by atoms with van der Waals surface area (Å²) in [7, 11) is 0. The van der Waals surface area contributed by atoms with E-state index in [9.17, 15) is 4.79 Å². The first-order chi connectivity index (χ1) is 12.2. The summed E-state index contributed by atoms with van der Waals surface area (Å²) in [6.07, 6.45) is 0. The molecule has 25 heavy (non-hydrogen) atoms. The maximum atomic E-state index is 12.1. The van der Waals surface area contributed by atoms with Crippen molar-refractivity contribution in [2.45, 2.75) is 6.92 Å². The fourth-order valence-electron chi connectivity index (χ4n) is 2.54. The number of fused-ring (bicyclic) bond motifs is 1. The number of benzene rings is 2. The molecule has 0 aliphatic rings. The number of imidazole rings is 1. The molecule has 6 heteroatoms. The summed E-state index contributed by atoms with van der Waals surface area (Å²) in [4.78, 5) is 19.9. The number of rotatable bonds is 5. The topological polar surface area (TPSA) is 83.7 Å². The number of nitrogens with one attached hydrogen (secondary N) is 2. The van der Waals surface area contributed by atoms with Crippen molar-refractivity contribution >= 4 is 16.8 Å². The normalized spacial score (nSPS) is 10.9. The molecule has 0 bridgehead atoms. The first-order valence-electron chi connectivity index (χ1n) is 7.92. The fraction of sp³-hybridized carbons (Fsp3) is 0.105. The third-order valence-electron chi connectivity index (χ3n) is 3.92. The Labute approximate surface area is 143 Å². The van der Waals surface area contributed by atoms with Crippen LogP contribution in [0, 0.1) is 6.92 Å². The number of carbonyl (C=O) groups is 1. The first kappa shape index (κ1) is 15.1. The van der Waals surface area contributed by atoms with Crippen LogP contribution in [0.25, 0.3) is 22.6 Å². The van der Waals surface area contributed by atoms with E-state index in [1.54, 1.807) is 18.2 Å². The molecule has 2 N–H and O–H groups in total. The van der Waals surface area contributed by atoms with Crippen LogP contribution in [0.2, 0.25) is 0 Å². The van der Waals surface area contributed by atoms with Crippen molar-refractivity contribution in [2.24, 2.45) is 0 Å². The van der Waals surface area contributed by atoms with Crippen molar-refractivity contribution in [1.82, 2.24) is 20.2 Å². The van der Waals surface area contributed by atoms with Crippen LogP contribution in [0.1, 0.15) is 15.9 Å². The Bertz CT molecular complexity index is 998. The van der Waals surface area contributed by atoms with E-state index < -0.39 is 0 Å². The quantitative estimate of drug-likeness (QED) is 0.548. The molecule has 0 saturated carbocycles. The standard InChI is InChI=1S/C19H16N4O2/c1-12-6-8-13(9-7-12)17(24)11-25-18-10-16(22-23-18)19-20-14-4-2-3-5-15(14)21-19/h2-10H,11H2,1H3,(H,20,21)(H,22,23). The molecule has 4 rings (SSSR count). The lowest BCUT2D eigenvalue weighted by Gasteiger charge is -2.02. The van der Waals surface area contributed by atoms with E-state index in [0.29, 0.717) is 23.0 Å². The average Bonchev–Trinajstić information content (AvgIpc) is 3.26. The molecule has 2 aromatic heterocycles. The second kappa shape index (κ2) is 6.24. The first-order valence-corrected chi connectivity index (χ1v) is 7.92. The summed E-state index contributed by atoms with van der Waals surface area (Å²) in [5.41, 5.74) is 4.26. The van der Waals surface area contributed by atoms with Gasteiger partial charge in [0.05, 0.1) is 11.0 Å². The van der Waals surface area contributed by atoms with Crippen LogP contribution in [0.3, 0.4) is 0 Å². The summed E-state index contributed by atoms with van der Waals surface area (Å²) < 4.78 is 5.50. The van der Waals surface area contributed by atoms with E-state index in [1.165, 1.54) is 0 Å². The maximum Gasteiger partial charge on any atom is 0.233 e. The molecule has 2 heterocycles. The van der Waals surface area contributed by atoms with Crippen LogP contribution in [-0.2, 0) is 0 Å². The van der Waals surface area contributed by atoms with E-state index >= 15 is 0 Å². The fourth-order valence-corrected chi connectivity index (χ4v) is 2.54. The highest BCUT2D eigenvalue weighted by Crippen LogP contribution is 2.21.